The van der Waals surface area contributed by atoms with E-state index in [0.717, 1.165) is 6.07 Å². The Hall–Kier alpha value is -1.23. The molecule has 1 N–H and O–H groups in total. The maximum atomic E-state index is 12.6. The second kappa shape index (κ2) is 4.96. The molecule has 92 valence electrons. The van der Waals surface area contributed by atoms with Crippen molar-refractivity contribution in [3.8, 4) is 6.07 Å². The summed E-state index contributed by atoms with van der Waals surface area (Å²) < 4.78 is 47.3. The molecule has 0 aliphatic carbocycles. The molecule has 0 saturated heterocycles. The van der Waals surface area contributed by atoms with Crippen LogP contribution in [0.1, 0.15) is 23.1 Å². The van der Waals surface area contributed by atoms with Crippen LogP contribution < -0.4 is 0 Å². The van der Waals surface area contributed by atoms with Gasteiger partial charge in [-0.15, -0.1) is 0 Å². The van der Waals surface area contributed by atoms with Crippen molar-refractivity contribution in [1.29, 1.82) is 5.26 Å². The van der Waals surface area contributed by atoms with Crippen LogP contribution in [0, 0.1) is 11.3 Å². The van der Waals surface area contributed by atoms with Gasteiger partial charge in [-0.25, -0.2) is 17.2 Å². The van der Waals surface area contributed by atoms with Gasteiger partial charge in [0, 0.05) is 16.2 Å². The number of hydrogen-bond donors (Lipinski definition) is 1. The highest BCUT2D eigenvalue weighted by atomic mass is 35.7. The number of nitrogens with zero attached hydrogens (tertiary/aromatic N) is 1. The lowest BCUT2D eigenvalue weighted by Crippen LogP contribution is -2.02. The number of benzene rings is 1. The Morgan fingerprint density at radius 1 is 1.47 bits per heavy atom. The number of aliphatic hydroxyl groups excluding tert-OH is 1. The van der Waals surface area contributed by atoms with Crippen LogP contribution in [0.5, 0.6) is 0 Å². The third-order valence-corrected chi connectivity index (χ3v) is 3.36. The van der Waals surface area contributed by atoms with Gasteiger partial charge < -0.3 is 5.11 Å². The molecule has 1 aromatic carbocycles. The molecule has 0 atom stereocenters. The third-order valence-electron chi connectivity index (χ3n) is 2.02. The fraction of sp³-hybridized carbons (Fsp3) is 0.222. The molecule has 4 nitrogen and oxygen atoms in total. The van der Waals surface area contributed by atoms with Gasteiger partial charge in [0.05, 0.1) is 17.1 Å². The standard InChI is InChI=1S/C9H6ClF2NO3S/c10-17(15,16)6-1-5(4-14)8(3-13)7(2-6)9(11)12/h1-2,9,14H,4H2. The minimum Gasteiger partial charge on any atom is -0.392 e. The lowest BCUT2D eigenvalue weighted by molar-refractivity contribution is 0.150. The van der Waals surface area contributed by atoms with Crippen molar-refractivity contribution in [3.05, 3.63) is 28.8 Å². The van der Waals surface area contributed by atoms with Gasteiger partial charge in [-0.2, -0.15) is 5.26 Å². The van der Waals surface area contributed by atoms with Crippen LogP contribution in [0.15, 0.2) is 17.0 Å². The van der Waals surface area contributed by atoms with Gasteiger partial charge in [0.15, 0.2) is 0 Å². The number of hydrogen-bond acceptors (Lipinski definition) is 4. The first-order chi connectivity index (χ1) is 7.81. The second-order valence-corrected chi connectivity index (χ2v) is 5.62. The average Bonchev–Trinajstić information content (AvgIpc) is 2.25. The molecule has 0 amide bonds. The monoisotopic (exact) mass is 281 g/mol. The summed E-state index contributed by atoms with van der Waals surface area (Å²) >= 11 is 0. The summed E-state index contributed by atoms with van der Waals surface area (Å²) in [5.74, 6) is 0. The Kier molecular flexibility index (Phi) is 4.03. The average molecular weight is 282 g/mol. The zero-order valence-electron chi connectivity index (χ0n) is 8.19. The van der Waals surface area contributed by atoms with Crippen molar-refractivity contribution >= 4 is 19.7 Å². The van der Waals surface area contributed by atoms with Crippen LogP contribution in [0.25, 0.3) is 0 Å². The Balaban J connectivity index is 3.65. The smallest absolute Gasteiger partial charge is 0.265 e. The minimum absolute atomic E-state index is 0.204. The molecule has 0 unspecified atom stereocenters. The van der Waals surface area contributed by atoms with E-state index in [1.54, 1.807) is 0 Å². The van der Waals surface area contributed by atoms with Gasteiger partial charge in [0.1, 0.15) is 6.07 Å². The number of rotatable bonds is 3. The lowest BCUT2D eigenvalue weighted by Gasteiger charge is -2.09. The summed E-state index contributed by atoms with van der Waals surface area (Å²) in [4.78, 5) is -0.572. The van der Waals surface area contributed by atoms with Crippen LogP contribution in [-0.2, 0) is 15.7 Å². The van der Waals surface area contributed by atoms with E-state index in [1.807, 2.05) is 0 Å². The minimum atomic E-state index is -4.20. The number of alkyl halides is 2. The third kappa shape index (κ3) is 2.91. The first kappa shape index (κ1) is 13.8. The normalized spacial score (nSPS) is 11.5. The van der Waals surface area contributed by atoms with E-state index in [0.29, 0.717) is 6.07 Å². The van der Waals surface area contributed by atoms with Crippen molar-refractivity contribution in [1.82, 2.24) is 0 Å². The van der Waals surface area contributed by atoms with E-state index >= 15 is 0 Å². The first-order valence-corrected chi connectivity index (χ1v) is 6.52. The summed E-state index contributed by atoms with van der Waals surface area (Å²) in [5, 5.41) is 17.6. The van der Waals surface area contributed by atoms with Crippen LogP contribution in [0.3, 0.4) is 0 Å². The molecule has 0 bridgehead atoms. The SMILES string of the molecule is N#Cc1c(CO)cc(S(=O)(=O)Cl)cc1C(F)F. The van der Waals surface area contributed by atoms with Crippen molar-refractivity contribution < 1.29 is 22.3 Å². The highest BCUT2D eigenvalue weighted by Crippen LogP contribution is 2.29. The molecule has 8 heteroatoms. The molecular formula is C9H6ClF2NO3S. The van der Waals surface area contributed by atoms with E-state index < -0.39 is 38.1 Å². The van der Waals surface area contributed by atoms with E-state index in [2.05, 4.69) is 0 Å². The summed E-state index contributed by atoms with van der Waals surface area (Å²) in [7, 11) is 0.824. The van der Waals surface area contributed by atoms with E-state index in [1.165, 1.54) is 6.07 Å². The largest absolute Gasteiger partial charge is 0.392 e. The summed E-state index contributed by atoms with van der Waals surface area (Å²) in [6.45, 7) is -0.733. The summed E-state index contributed by atoms with van der Waals surface area (Å²) in [6.07, 6.45) is -3.03. The van der Waals surface area contributed by atoms with Crippen molar-refractivity contribution in [3.63, 3.8) is 0 Å². The van der Waals surface area contributed by atoms with E-state index in [9.17, 15) is 17.2 Å². The number of nitriles is 1. The molecule has 1 aromatic rings. The molecule has 0 heterocycles. The predicted molar refractivity (Wildman–Crippen MR) is 55.1 cm³/mol. The molecule has 0 saturated carbocycles. The van der Waals surface area contributed by atoms with Crippen LogP contribution in [-0.4, -0.2) is 13.5 Å². The van der Waals surface area contributed by atoms with Crippen molar-refractivity contribution in [2.75, 3.05) is 0 Å². The highest BCUT2D eigenvalue weighted by Gasteiger charge is 2.21. The summed E-state index contributed by atoms with van der Waals surface area (Å²) in [5.41, 5.74) is -1.41. The Labute approximate surface area is 100 Å². The van der Waals surface area contributed by atoms with E-state index in [-0.39, 0.29) is 5.56 Å². The van der Waals surface area contributed by atoms with Gasteiger partial charge in [0.2, 0.25) is 0 Å². The van der Waals surface area contributed by atoms with Gasteiger partial charge in [0.25, 0.3) is 15.5 Å². The highest BCUT2D eigenvalue weighted by molar-refractivity contribution is 8.13. The Bertz CT molecular complexity index is 581. The molecule has 0 aliphatic rings. The molecule has 0 aromatic heterocycles. The van der Waals surface area contributed by atoms with Gasteiger partial charge in [-0.3, -0.25) is 0 Å². The first-order valence-electron chi connectivity index (χ1n) is 4.21. The molecule has 1 rings (SSSR count). The maximum Gasteiger partial charge on any atom is 0.265 e. The molecule has 0 radical (unpaired) electrons. The molecule has 0 spiro atoms. The second-order valence-electron chi connectivity index (χ2n) is 3.06. The predicted octanol–water partition coefficient (Wildman–Crippen LogP) is 1.92. The zero-order valence-corrected chi connectivity index (χ0v) is 9.76. The topological polar surface area (TPSA) is 78.2 Å². The fourth-order valence-electron chi connectivity index (χ4n) is 1.27. The summed E-state index contributed by atoms with van der Waals surface area (Å²) in [6, 6.07) is 3.02. The quantitative estimate of drug-likeness (QED) is 0.859. The maximum absolute atomic E-state index is 12.6. The van der Waals surface area contributed by atoms with Crippen LogP contribution in [0.4, 0.5) is 8.78 Å². The van der Waals surface area contributed by atoms with Gasteiger partial charge in [-0.1, -0.05) is 0 Å². The molecule has 0 fully saturated rings. The van der Waals surface area contributed by atoms with Crippen molar-refractivity contribution in [2.45, 2.75) is 17.9 Å². The molecule has 0 aliphatic heterocycles. The van der Waals surface area contributed by atoms with Crippen molar-refractivity contribution in [2.24, 2.45) is 0 Å². The molecule has 17 heavy (non-hydrogen) atoms. The van der Waals surface area contributed by atoms with E-state index in [4.69, 9.17) is 21.1 Å². The lowest BCUT2D eigenvalue weighted by atomic mass is 10.0. The Morgan fingerprint density at radius 3 is 2.41 bits per heavy atom. The fourth-order valence-corrected chi connectivity index (χ4v) is 2.09. The van der Waals surface area contributed by atoms with Crippen LogP contribution >= 0.6 is 10.7 Å². The van der Waals surface area contributed by atoms with Gasteiger partial charge >= 0.3 is 0 Å². The molecular weight excluding hydrogens is 276 g/mol. The number of halogens is 3. The Morgan fingerprint density at radius 2 is 2.06 bits per heavy atom. The van der Waals surface area contributed by atoms with Gasteiger partial charge in [-0.05, 0) is 17.7 Å². The zero-order chi connectivity index (χ0) is 13.2. The number of aliphatic hydroxyl groups is 1. The van der Waals surface area contributed by atoms with Crippen LogP contribution in [0.2, 0.25) is 0 Å².